The molecule has 10 heteroatoms. The Morgan fingerprint density at radius 1 is 0.806 bits per heavy atom. The number of benzene rings is 2. The number of nitrogens with zero attached hydrogens (tertiary/aromatic N) is 2. The molecule has 0 aliphatic carbocycles. The second-order valence-corrected chi connectivity index (χ2v) is 17.0. The van der Waals surface area contributed by atoms with Crippen molar-refractivity contribution >= 4 is 46.8 Å². The van der Waals surface area contributed by atoms with Crippen LogP contribution in [0.5, 0.6) is 0 Å². The van der Waals surface area contributed by atoms with Crippen LogP contribution in [0, 0.1) is 31.7 Å². The molecule has 0 aromatic heterocycles. The fraction of sp³-hybridized carbons (Fsp3) is 0.462. The first-order chi connectivity index (χ1) is 15.6. The van der Waals surface area contributed by atoms with Gasteiger partial charge in [-0.05, 0) is 38.9 Å². The Hall–Kier alpha value is -2.90. The van der Waals surface area contributed by atoms with E-state index < -0.39 is 13.0 Å². The van der Waals surface area contributed by atoms with E-state index in [9.17, 15) is 20.2 Å². The van der Waals surface area contributed by atoms with Crippen molar-refractivity contribution in [1.82, 2.24) is 0 Å². The highest BCUT2D eigenvalue weighted by atomic mass is 79.9. The molecule has 36 heavy (non-hydrogen) atoms. The molecular weight excluding hydrogens is 540 g/mol. The van der Waals surface area contributed by atoms with Gasteiger partial charge in [0.15, 0.2) is 0 Å². The molecule has 0 bridgehead atoms. The highest BCUT2D eigenvalue weighted by molar-refractivity contribution is 9.10. The SMILES string of the molecule is C.CC(C)(C)c1cc(Br)c(N)cc1[N+](=O)[O-].CC(C)(C)c1cc(C#C[Si](C)(C)C)c(N)cc1[N+](=O)[O-]. The van der Waals surface area contributed by atoms with Gasteiger partial charge in [0.25, 0.3) is 11.4 Å². The summed E-state index contributed by atoms with van der Waals surface area (Å²) in [6.07, 6.45) is 0. The third kappa shape index (κ3) is 9.28. The summed E-state index contributed by atoms with van der Waals surface area (Å²) in [6, 6.07) is 6.30. The molecule has 0 heterocycles. The molecule has 0 saturated heterocycles. The van der Waals surface area contributed by atoms with Crippen LogP contribution in [0.3, 0.4) is 0 Å². The molecule has 0 unspecified atom stereocenters. The van der Waals surface area contributed by atoms with E-state index in [1.165, 1.54) is 12.1 Å². The number of nitro groups is 2. The van der Waals surface area contributed by atoms with Gasteiger partial charge in [-0.3, -0.25) is 20.2 Å². The quantitative estimate of drug-likeness (QED) is 0.124. The zero-order valence-electron chi connectivity index (χ0n) is 21.9. The minimum atomic E-state index is -1.51. The Morgan fingerprint density at radius 3 is 1.56 bits per heavy atom. The van der Waals surface area contributed by atoms with Crippen molar-refractivity contribution in [3.8, 4) is 11.5 Å². The van der Waals surface area contributed by atoms with Gasteiger partial charge in [0.2, 0.25) is 0 Å². The fourth-order valence-corrected chi connectivity index (χ4v) is 3.90. The molecule has 4 N–H and O–H groups in total. The molecule has 8 nitrogen and oxygen atoms in total. The van der Waals surface area contributed by atoms with Crippen molar-refractivity contribution in [2.24, 2.45) is 0 Å². The first kappa shape index (κ1) is 33.1. The standard InChI is InChI=1S/C15H22N2O2Si.C10H13BrN2O2.CH4/c1-15(2,3)12-9-11(7-8-20(4,5)6)13(16)10-14(12)17(18)19;1-10(2,3)6-4-7(11)8(12)5-9(6)13(14)15;/h9-10H,16H2,1-6H3;4-5H,12H2,1-3H3;1H4. The van der Waals surface area contributed by atoms with Crippen LogP contribution >= 0.6 is 15.9 Å². The summed E-state index contributed by atoms with van der Waals surface area (Å²) in [5, 5.41) is 22.0. The topological polar surface area (TPSA) is 138 Å². The molecule has 0 amide bonds. The van der Waals surface area contributed by atoms with Gasteiger partial charge < -0.3 is 11.5 Å². The van der Waals surface area contributed by atoms with Gasteiger partial charge in [0, 0.05) is 33.3 Å². The summed E-state index contributed by atoms with van der Waals surface area (Å²) < 4.78 is 0.693. The highest BCUT2D eigenvalue weighted by Gasteiger charge is 2.27. The van der Waals surface area contributed by atoms with Crippen molar-refractivity contribution in [1.29, 1.82) is 0 Å². The van der Waals surface area contributed by atoms with Crippen LogP contribution in [0.2, 0.25) is 19.6 Å². The van der Waals surface area contributed by atoms with Gasteiger partial charge in [-0.25, -0.2) is 0 Å². The fourth-order valence-electron chi connectivity index (χ4n) is 3.05. The van der Waals surface area contributed by atoms with E-state index in [2.05, 4.69) is 47.0 Å². The van der Waals surface area contributed by atoms with Gasteiger partial charge in [-0.1, -0.05) is 74.5 Å². The number of hydrogen-bond acceptors (Lipinski definition) is 6. The number of nitro benzene ring substituents is 2. The molecule has 0 aliphatic heterocycles. The normalized spacial score (nSPS) is 11.3. The van der Waals surface area contributed by atoms with Crippen molar-refractivity contribution in [3.05, 3.63) is 65.7 Å². The summed E-state index contributed by atoms with van der Waals surface area (Å²) in [4.78, 5) is 21.3. The molecule has 0 radical (unpaired) electrons. The number of nitrogens with two attached hydrogens (primary N) is 2. The number of hydrogen-bond donors (Lipinski definition) is 2. The zero-order valence-corrected chi connectivity index (χ0v) is 24.5. The molecule has 0 fully saturated rings. The van der Waals surface area contributed by atoms with Gasteiger partial charge in [-0.15, -0.1) is 5.54 Å². The van der Waals surface area contributed by atoms with E-state index >= 15 is 0 Å². The lowest BCUT2D eigenvalue weighted by atomic mass is 9.84. The highest BCUT2D eigenvalue weighted by Crippen LogP contribution is 2.36. The predicted octanol–water partition coefficient (Wildman–Crippen LogP) is 7.58. The van der Waals surface area contributed by atoms with E-state index in [1.54, 1.807) is 12.1 Å². The first-order valence-corrected chi connectivity index (χ1v) is 15.3. The van der Waals surface area contributed by atoms with Crippen LogP contribution in [0.15, 0.2) is 28.7 Å². The Labute approximate surface area is 224 Å². The average molecular weight is 580 g/mol. The molecule has 198 valence electrons. The monoisotopic (exact) mass is 578 g/mol. The van der Waals surface area contributed by atoms with E-state index in [1.807, 2.05) is 41.5 Å². The maximum atomic E-state index is 11.2. The van der Waals surface area contributed by atoms with Crippen LogP contribution in [-0.4, -0.2) is 17.9 Å². The van der Waals surface area contributed by atoms with Crippen LogP contribution < -0.4 is 11.5 Å². The van der Waals surface area contributed by atoms with E-state index in [0.717, 1.165) is 0 Å². The molecule has 0 saturated carbocycles. The lowest BCUT2D eigenvalue weighted by molar-refractivity contribution is -0.386. The maximum absolute atomic E-state index is 11.2. The second-order valence-electron chi connectivity index (χ2n) is 11.4. The summed E-state index contributed by atoms with van der Waals surface area (Å²) >= 11 is 3.27. The van der Waals surface area contributed by atoms with Crippen LogP contribution in [0.4, 0.5) is 22.7 Å². The number of anilines is 2. The summed E-state index contributed by atoms with van der Waals surface area (Å²) in [5.74, 6) is 3.10. The van der Waals surface area contributed by atoms with Crippen molar-refractivity contribution in [2.75, 3.05) is 11.5 Å². The lowest BCUT2D eigenvalue weighted by Crippen LogP contribution is -2.17. The maximum Gasteiger partial charge on any atom is 0.275 e. The number of nitrogen functional groups attached to an aromatic ring is 2. The van der Waals surface area contributed by atoms with E-state index in [0.29, 0.717) is 32.5 Å². The smallest absolute Gasteiger partial charge is 0.275 e. The van der Waals surface area contributed by atoms with Crippen LogP contribution in [0.1, 0.15) is 65.7 Å². The summed E-state index contributed by atoms with van der Waals surface area (Å²) in [7, 11) is -1.51. The first-order valence-electron chi connectivity index (χ1n) is 11.0. The van der Waals surface area contributed by atoms with Crippen LogP contribution in [-0.2, 0) is 10.8 Å². The summed E-state index contributed by atoms with van der Waals surface area (Å²) in [5.41, 5.74) is 17.1. The van der Waals surface area contributed by atoms with Crippen LogP contribution in [0.25, 0.3) is 0 Å². The lowest BCUT2D eigenvalue weighted by Gasteiger charge is -2.19. The summed E-state index contributed by atoms with van der Waals surface area (Å²) in [6.45, 7) is 18.1. The van der Waals surface area contributed by atoms with Gasteiger partial charge in [-0.2, -0.15) is 0 Å². The van der Waals surface area contributed by atoms with E-state index in [4.69, 9.17) is 11.5 Å². The average Bonchev–Trinajstić information content (AvgIpc) is 2.66. The van der Waals surface area contributed by atoms with Gasteiger partial charge in [0.1, 0.15) is 8.07 Å². The van der Waals surface area contributed by atoms with E-state index in [-0.39, 0.29) is 34.6 Å². The molecule has 2 aromatic rings. The molecule has 0 atom stereocenters. The third-order valence-electron chi connectivity index (χ3n) is 4.86. The van der Waals surface area contributed by atoms with Crippen molar-refractivity contribution in [2.45, 2.75) is 79.4 Å². The molecule has 0 aliphatic rings. The van der Waals surface area contributed by atoms with Crippen molar-refractivity contribution < 1.29 is 9.85 Å². The largest absolute Gasteiger partial charge is 0.398 e. The Morgan fingerprint density at radius 2 is 1.19 bits per heavy atom. The Bertz CT molecular complexity index is 1200. The molecule has 2 rings (SSSR count). The Kier molecular flexibility index (Phi) is 10.9. The minimum Gasteiger partial charge on any atom is -0.398 e. The Balaban J connectivity index is 0.000000687. The minimum absolute atomic E-state index is 0. The van der Waals surface area contributed by atoms with Crippen molar-refractivity contribution in [3.63, 3.8) is 0 Å². The number of rotatable bonds is 2. The third-order valence-corrected chi connectivity index (χ3v) is 6.43. The second kappa shape index (κ2) is 11.9. The molecular formula is C26H39BrN4O4Si. The predicted molar refractivity (Wildman–Crippen MR) is 157 cm³/mol. The van der Waals surface area contributed by atoms with Gasteiger partial charge in [0.05, 0.1) is 21.2 Å². The zero-order chi connectivity index (χ0) is 27.5. The van der Waals surface area contributed by atoms with Gasteiger partial charge >= 0.3 is 0 Å². The molecule has 0 spiro atoms. The molecule has 2 aromatic carbocycles. The number of halogens is 1.